The van der Waals surface area contributed by atoms with E-state index in [0.717, 1.165) is 0 Å². The molecule has 0 aliphatic rings. The van der Waals surface area contributed by atoms with E-state index in [1.807, 2.05) is 0 Å². The minimum absolute atomic E-state index is 0.204. The molecule has 0 unspecified atom stereocenters. The van der Waals surface area contributed by atoms with Crippen LogP contribution in [-0.4, -0.2) is 15.9 Å². The van der Waals surface area contributed by atoms with Crippen molar-refractivity contribution in [2.75, 3.05) is 5.32 Å². The summed E-state index contributed by atoms with van der Waals surface area (Å²) in [6, 6.07) is 4.83. The number of carbonyl (C=O) groups excluding carboxylic acids is 1. The normalized spacial score (nSPS) is 10.2. The monoisotopic (exact) mass is 345 g/mol. The fraction of sp³-hybridized carbons (Fsp3) is 0. The standard InChI is InChI=1S/C11H6BrCl2N3O/c12-10-8(2-1-3-15-10)17-11(18)6-4-9(14)16-5-7(6)13/h1-5H,(H,17,18). The quantitative estimate of drug-likeness (QED) is 0.841. The number of nitrogens with zero attached hydrogens (tertiary/aromatic N) is 2. The van der Waals surface area contributed by atoms with Crippen LogP contribution in [-0.2, 0) is 0 Å². The second kappa shape index (κ2) is 5.65. The van der Waals surface area contributed by atoms with E-state index < -0.39 is 0 Å². The molecule has 4 nitrogen and oxygen atoms in total. The van der Waals surface area contributed by atoms with E-state index in [2.05, 4.69) is 31.2 Å². The third-order valence-corrected chi connectivity index (χ3v) is 3.21. The van der Waals surface area contributed by atoms with E-state index in [9.17, 15) is 4.79 Å². The smallest absolute Gasteiger partial charge is 0.257 e. The van der Waals surface area contributed by atoms with E-state index in [1.54, 1.807) is 18.3 Å². The van der Waals surface area contributed by atoms with Crippen molar-refractivity contribution in [3.05, 3.63) is 50.9 Å². The summed E-state index contributed by atoms with van der Waals surface area (Å²) in [6.07, 6.45) is 2.94. The van der Waals surface area contributed by atoms with Crippen molar-refractivity contribution in [1.29, 1.82) is 0 Å². The zero-order valence-corrected chi connectivity index (χ0v) is 11.9. The molecule has 2 aromatic rings. The van der Waals surface area contributed by atoms with Crippen LogP contribution < -0.4 is 5.32 Å². The van der Waals surface area contributed by atoms with Gasteiger partial charge in [-0.2, -0.15) is 0 Å². The van der Waals surface area contributed by atoms with Crippen LogP contribution >= 0.6 is 39.1 Å². The van der Waals surface area contributed by atoms with E-state index in [-0.39, 0.29) is 21.6 Å². The van der Waals surface area contributed by atoms with Gasteiger partial charge in [0, 0.05) is 12.4 Å². The number of nitrogens with one attached hydrogen (secondary N) is 1. The van der Waals surface area contributed by atoms with Crippen LogP contribution in [0.3, 0.4) is 0 Å². The lowest BCUT2D eigenvalue weighted by molar-refractivity contribution is 0.102. The van der Waals surface area contributed by atoms with E-state index >= 15 is 0 Å². The molecule has 0 aromatic carbocycles. The molecule has 0 spiro atoms. The first-order valence-corrected chi connectivity index (χ1v) is 6.35. The minimum Gasteiger partial charge on any atom is -0.320 e. The lowest BCUT2D eigenvalue weighted by atomic mass is 10.2. The average molecular weight is 347 g/mol. The molecule has 0 atom stereocenters. The van der Waals surface area contributed by atoms with Gasteiger partial charge in [-0.3, -0.25) is 4.79 Å². The topological polar surface area (TPSA) is 54.9 Å². The van der Waals surface area contributed by atoms with E-state index in [1.165, 1.54) is 12.3 Å². The van der Waals surface area contributed by atoms with Gasteiger partial charge >= 0.3 is 0 Å². The van der Waals surface area contributed by atoms with Crippen molar-refractivity contribution in [2.45, 2.75) is 0 Å². The number of amides is 1. The number of halogens is 3. The van der Waals surface area contributed by atoms with Crippen molar-refractivity contribution in [3.63, 3.8) is 0 Å². The summed E-state index contributed by atoms with van der Waals surface area (Å²) in [5.74, 6) is -0.377. The lowest BCUT2D eigenvalue weighted by Gasteiger charge is -2.07. The maximum absolute atomic E-state index is 12.0. The Balaban J connectivity index is 2.28. The maximum Gasteiger partial charge on any atom is 0.257 e. The first-order valence-electron chi connectivity index (χ1n) is 4.81. The van der Waals surface area contributed by atoms with Crippen molar-refractivity contribution in [2.24, 2.45) is 0 Å². The van der Waals surface area contributed by atoms with Gasteiger partial charge in [0.15, 0.2) is 0 Å². The fourth-order valence-corrected chi connectivity index (χ4v) is 1.95. The highest BCUT2D eigenvalue weighted by Gasteiger charge is 2.13. The largest absolute Gasteiger partial charge is 0.320 e. The third kappa shape index (κ3) is 2.98. The van der Waals surface area contributed by atoms with Crippen molar-refractivity contribution in [1.82, 2.24) is 9.97 Å². The summed E-state index contributed by atoms with van der Waals surface area (Å²) in [5, 5.41) is 3.11. The molecule has 0 bridgehead atoms. The van der Waals surface area contributed by atoms with Crippen LogP contribution in [0, 0.1) is 0 Å². The minimum atomic E-state index is -0.377. The Hall–Kier alpha value is -1.17. The van der Waals surface area contributed by atoms with Crippen LogP contribution in [0.1, 0.15) is 10.4 Å². The summed E-state index contributed by atoms with van der Waals surface area (Å²) >= 11 is 14.8. The molecule has 0 aliphatic heterocycles. The van der Waals surface area contributed by atoms with Crippen molar-refractivity contribution >= 4 is 50.7 Å². The molecular formula is C11H6BrCl2N3O. The van der Waals surface area contributed by atoms with Crippen LogP contribution in [0.4, 0.5) is 5.69 Å². The molecule has 0 fully saturated rings. The fourth-order valence-electron chi connectivity index (χ4n) is 1.26. The maximum atomic E-state index is 12.0. The van der Waals surface area contributed by atoms with Gasteiger partial charge < -0.3 is 5.32 Å². The summed E-state index contributed by atoms with van der Waals surface area (Å²) in [5.41, 5.74) is 0.805. The van der Waals surface area contributed by atoms with Gasteiger partial charge in [0.25, 0.3) is 5.91 Å². The molecular weight excluding hydrogens is 341 g/mol. The molecule has 1 amide bonds. The Morgan fingerprint density at radius 3 is 2.83 bits per heavy atom. The number of pyridine rings is 2. The Bertz CT molecular complexity index is 607. The molecule has 2 aromatic heterocycles. The molecule has 0 saturated carbocycles. The molecule has 7 heteroatoms. The predicted octanol–water partition coefficient (Wildman–Crippen LogP) is 3.80. The van der Waals surface area contributed by atoms with Crippen LogP contribution in [0.25, 0.3) is 0 Å². The van der Waals surface area contributed by atoms with Gasteiger partial charge in [0.2, 0.25) is 0 Å². The molecule has 0 saturated heterocycles. The lowest BCUT2D eigenvalue weighted by Crippen LogP contribution is -2.13. The van der Waals surface area contributed by atoms with Gasteiger partial charge in [-0.25, -0.2) is 9.97 Å². The summed E-state index contributed by atoms with van der Waals surface area (Å²) in [4.78, 5) is 19.8. The molecule has 92 valence electrons. The molecule has 0 aliphatic carbocycles. The first kappa shape index (κ1) is 13.3. The average Bonchev–Trinajstić information content (AvgIpc) is 2.35. The van der Waals surface area contributed by atoms with Crippen molar-refractivity contribution < 1.29 is 4.79 Å². The summed E-state index contributed by atoms with van der Waals surface area (Å²) in [6.45, 7) is 0. The zero-order chi connectivity index (χ0) is 13.1. The van der Waals surface area contributed by atoms with Crippen LogP contribution in [0.2, 0.25) is 10.2 Å². The summed E-state index contributed by atoms with van der Waals surface area (Å²) in [7, 11) is 0. The molecule has 1 N–H and O–H groups in total. The highest BCUT2D eigenvalue weighted by Crippen LogP contribution is 2.22. The predicted molar refractivity (Wildman–Crippen MR) is 74.1 cm³/mol. The molecule has 2 heterocycles. The second-order valence-electron chi connectivity index (χ2n) is 3.28. The van der Waals surface area contributed by atoms with Crippen LogP contribution in [0.5, 0.6) is 0 Å². The third-order valence-electron chi connectivity index (χ3n) is 2.07. The number of aromatic nitrogens is 2. The highest BCUT2D eigenvalue weighted by atomic mass is 79.9. The number of anilines is 1. The second-order valence-corrected chi connectivity index (χ2v) is 4.83. The zero-order valence-electron chi connectivity index (χ0n) is 8.82. The summed E-state index contributed by atoms with van der Waals surface area (Å²) < 4.78 is 0.537. The number of rotatable bonds is 2. The Kier molecular flexibility index (Phi) is 4.16. The van der Waals surface area contributed by atoms with Gasteiger partial charge in [-0.05, 0) is 34.1 Å². The number of hydrogen-bond donors (Lipinski definition) is 1. The molecule has 2 rings (SSSR count). The SMILES string of the molecule is O=C(Nc1cccnc1Br)c1cc(Cl)ncc1Cl. The van der Waals surface area contributed by atoms with Gasteiger partial charge in [-0.1, -0.05) is 23.2 Å². The van der Waals surface area contributed by atoms with Gasteiger partial charge in [0.05, 0.1) is 16.3 Å². The number of carbonyl (C=O) groups is 1. The molecule has 18 heavy (non-hydrogen) atoms. The Morgan fingerprint density at radius 1 is 1.33 bits per heavy atom. The van der Waals surface area contributed by atoms with Gasteiger partial charge in [0.1, 0.15) is 9.76 Å². The van der Waals surface area contributed by atoms with E-state index in [4.69, 9.17) is 23.2 Å². The Labute approximate surface area is 121 Å². The Morgan fingerprint density at radius 2 is 2.11 bits per heavy atom. The first-order chi connectivity index (χ1) is 8.58. The van der Waals surface area contributed by atoms with E-state index in [0.29, 0.717) is 10.3 Å². The van der Waals surface area contributed by atoms with Crippen LogP contribution in [0.15, 0.2) is 35.2 Å². The highest BCUT2D eigenvalue weighted by molar-refractivity contribution is 9.10. The van der Waals surface area contributed by atoms with Crippen molar-refractivity contribution in [3.8, 4) is 0 Å². The van der Waals surface area contributed by atoms with Gasteiger partial charge in [-0.15, -0.1) is 0 Å². The molecule has 0 radical (unpaired) electrons. The number of hydrogen-bond acceptors (Lipinski definition) is 3.